The average Bonchev–Trinajstić information content (AvgIpc) is 2.64. The molecule has 0 aliphatic carbocycles. The van der Waals surface area contributed by atoms with Gasteiger partial charge in [0.15, 0.2) is 0 Å². The summed E-state index contributed by atoms with van der Waals surface area (Å²) in [6.07, 6.45) is 0. The molecule has 0 saturated carbocycles. The topological polar surface area (TPSA) is 49.4 Å². The lowest BCUT2D eigenvalue weighted by Crippen LogP contribution is -2.63. The maximum Gasteiger partial charge on any atom is 0.252 e. The molecule has 2 amide bonds. The molecule has 1 N–H and O–H groups in total. The number of rotatable bonds is 5. The third-order valence-electron chi connectivity index (χ3n) is 5.64. The summed E-state index contributed by atoms with van der Waals surface area (Å²) in [6.45, 7) is 10.9. The zero-order valence-electron chi connectivity index (χ0n) is 17.4. The van der Waals surface area contributed by atoms with E-state index in [2.05, 4.69) is 31.3 Å². The Morgan fingerprint density at radius 1 is 1.04 bits per heavy atom. The van der Waals surface area contributed by atoms with Crippen molar-refractivity contribution in [3.63, 3.8) is 0 Å². The van der Waals surface area contributed by atoms with Gasteiger partial charge in [-0.2, -0.15) is 0 Å². The number of benzene rings is 2. The van der Waals surface area contributed by atoms with E-state index in [0.717, 1.165) is 11.1 Å². The van der Waals surface area contributed by atoms with Crippen LogP contribution in [0.5, 0.6) is 0 Å². The Hall–Kier alpha value is -2.62. The van der Waals surface area contributed by atoms with Crippen LogP contribution in [0.15, 0.2) is 54.6 Å². The van der Waals surface area contributed by atoms with E-state index < -0.39 is 6.04 Å². The molecular formula is C24H30N2O2. The van der Waals surface area contributed by atoms with Gasteiger partial charge in [0.25, 0.3) is 5.91 Å². The molecular weight excluding hydrogens is 348 g/mol. The summed E-state index contributed by atoms with van der Waals surface area (Å²) in [5, 5.41) is 2.99. The number of carbonyl (C=O) groups is 2. The van der Waals surface area contributed by atoms with Crippen molar-refractivity contribution in [2.45, 2.75) is 46.7 Å². The number of hydrogen-bond acceptors (Lipinski definition) is 2. The van der Waals surface area contributed by atoms with Crippen LogP contribution in [-0.2, 0) is 4.79 Å². The molecule has 2 aromatic rings. The third-order valence-corrected chi connectivity index (χ3v) is 5.64. The summed E-state index contributed by atoms with van der Waals surface area (Å²) in [5.41, 5.74) is 2.67. The van der Waals surface area contributed by atoms with Crippen LogP contribution in [0, 0.1) is 18.3 Å². The van der Waals surface area contributed by atoms with Gasteiger partial charge in [0.05, 0.1) is 6.04 Å². The lowest BCUT2D eigenvalue weighted by molar-refractivity contribution is -0.155. The van der Waals surface area contributed by atoms with Gasteiger partial charge in [-0.25, -0.2) is 0 Å². The molecule has 148 valence electrons. The Labute approximate surface area is 167 Å². The second-order valence-corrected chi connectivity index (χ2v) is 8.78. The van der Waals surface area contributed by atoms with E-state index in [1.54, 1.807) is 6.07 Å². The lowest BCUT2D eigenvalue weighted by Gasteiger charge is -2.55. The number of likely N-dealkylation sites (tertiary alicyclic amines) is 1. The molecule has 0 bridgehead atoms. The second kappa shape index (κ2) is 7.78. The minimum absolute atomic E-state index is 0.000559. The number of hydrogen-bond donors (Lipinski definition) is 1. The quantitative estimate of drug-likeness (QED) is 0.840. The standard InChI is InChI=1S/C24H30N2O2/c1-16(2)20(25-22(27)19-14-10-9-11-17(19)3)23(28)26-15-24(4,5)21(26)18-12-7-6-8-13-18/h6-14,16,20-21H,15H2,1-5H3,(H,25,27)/t20-,21+/m0/s1. The van der Waals surface area contributed by atoms with Crippen LogP contribution in [-0.4, -0.2) is 29.3 Å². The highest BCUT2D eigenvalue weighted by Crippen LogP contribution is 2.48. The normalized spacial score (nSPS) is 19.1. The van der Waals surface area contributed by atoms with Gasteiger partial charge in [-0.15, -0.1) is 0 Å². The molecule has 1 saturated heterocycles. The minimum atomic E-state index is -0.547. The summed E-state index contributed by atoms with van der Waals surface area (Å²) >= 11 is 0. The van der Waals surface area contributed by atoms with Crippen molar-refractivity contribution in [2.75, 3.05) is 6.54 Å². The molecule has 1 fully saturated rings. The molecule has 4 nitrogen and oxygen atoms in total. The van der Waals surface area contributed by atoms with Crippen molar-refractivity contribution in [3.05, 3.63) is 71.3 Å². The van der Waals surface area contributed by atoms with Gasteiger partial charge < -0.3 is 10.2 Å². The second-order valence-electron chi connectivity index (χ2n) is 8.78. The summed E-state index contributed by atoms with van der Waals surface area (Å²) in [5.74, 6) is -0.202. The van der Waals surface area contributed by atoms with Crippen molar-refractivity contribution in [3.8, 4) is 0 Å². The lowest BCUT2D eigenvalue weighted by atomic mass is 9.71. The highest BCUT2D eigenvalue weighted by molar-refractivity contribution is 5.98. The SMILES string of the molecule is Cc1ccccc1C(=O)N[C@H](C(=O)N1CC(C)(C)[C@H]1c1ccccc1)C(C)C. The number of nitrogens with zero attached hydrogens (tertiary/aromatic N) is 1. The number of aryl methyl sites for hydroxylation is 1. The van der Waals surface area contributed by atoms with Gasteiger partial charge in [0.1, 0.15) is 6.04 Å². The molecule has 1 aliphatic rings. The Kier molecular flexibility index (Phi) is 5.59. The number of nitrogens with one attached hydrogen (secondary N) is 1. The van der Waals surface area contributed by atoms with E-state index in [1.807, 2.05) is 62.1 Å². The zero-order valence-corrected chi connectivity index (χ0v) is 17.4. The van der Waals surface area contributed by atoms with Crippen LogP contribution >= 0.6 is 0 Å². The first-order chi connectivity index (χ1) is 13.2. The fraction of sp³-hybridized carbons (Fsp3) is 0.417. The van der Waals surface area contributed by atoms with Crippen molar-refractivity contribution >= 4 is 11.8 Å². The van der Waals surface area contributed by atoms with Crippen LogP contribution in [0.3, 0.4) is 0 Å². The zero-order chi connectivity index (χ0) is 20.5. The van der Waals surface area contributed by atoms with Crippen LogP contribution in [0.25, 0.3) is 0 Å². The average molecular weight is 379 g/mol. The fourth-order valence-electron chi connectivity index (χ4n) is 4.14. The van der Waals surface area contributed by atoms with Gasteiger partial charge in [-0.05, 0) is 30.0 Å². The predicted octanol–water partition coefficient (Wildman–Crippen LogP) is 4.36. The summed E-state index contributed by atoms with van der Waals surface area (Å²) in [4.78, 5) is 28.1. The van der Waals surface area contributed by atoms with Crippen molar-refractivity contribution < 1.29 is 9.59 Å². The molecule has 3 rings (SSSR count). The molecule has 28 heavy (non-hydrogen) atoms. The molecule has 2 aromatic carbocycles. The largest absolute Gasteiger partial charge is 0.340 e. The maximum absolute atomic E-state index is 13.4. The first kappa shape index (κ1) is 20.1. The minimum Gasteiger partial charge on any atom is -0.340 e. The Bertz CT molecular complexity index is 858. The van der Waals surface area contributed by atoms with Crippen molar-refractivity contribution in [1.29, 1.82) is 0 Å². The first-order valence-corrected chi connectivity index (χ1v) is 9.94. The van der Waals surface area contributed by atoms with Gasteiger partial charge in [0, 0.05) is 17.5 Å². The third kappa shape index (κ3) is 3.82. The van der Waals surface area contributed by atoms with Crippen LogP contribution < -0.4 is 5.32 Å². The molecule has 0 spiro atoms. The Balaban J connectivity index is 1.82. The highest BCUT2D eigenvalue weighted by atomic mass is 16.2. The molecule has 2 atom stereocenters. The molecule has 0 aromatic heterocycles. The van der Waals surface area contributed by atoms with Crippen LogP contribution in [0.4, 0.5) is 0 Å². The maximum atomic E-state index is 13.4. The van der Waals surface area contributed by atoms with Gasteiger partial charge in [-0.3, -0.25) is 9.59 Å². The van der Waals surface area contributed by atoms with E-state index in [4.69, 9.17) is 0 Å². The summed E-state index contributed by atoms with van der Waals surface area (Å²) in [6, 6.07) is 17.1. The summed E-state index contributed by atoms with van der Waals surface area (Å²) < 4.78 is 0. The van der Waals surface area contributed by atoms with E-state index >= 15 is 0 Å². The summed E-state index contributed by atoms with van der Waals surface area (Å²) in [7, 11) is 0. The molecule has 4 heteroatoms. The van der Waals surface area contributed by atoms with Crippen molar-refractivity contribution in [2.24, 2.45) is 11.3 Å². The number of amides is 2. The van der Waals surface area contributed by atoms with E-state index in [0.29, 0.717) is 12.1 Å². The molecule has 0 radical (unpaired) electrons. The Morgan fingerprint density at radius 3 is 2.21 bits per heavy atom. The monoisotopic (exact) mass is 378 g/mol. The smallest absolute Gasteiger partial charge is 0.252 e. The molecule has 0 unspecified atom stereocenters. The van der Waals surface area contributed by atoms with E-state index in [1.165, 1.54) is 0 Å². The Morgan fingerprint density at radius 2 is 1.64 bits per heavy atom. The fourth-order valence-corrected chi connectivity index (χ4v) is 4.14. The first-order valence-electron chi connectivity index (χ1n) is 9.94. The highest BCUT2D eigenvalue weighted by Gasteiger charge is 2.50. The van der Waals surface area contributed by atoms with E-state index in [9.17, 15) is 9.59 Å². The van der Waals surface area contributed by atoms with Gasteiger partial charge >= 0.3 is 0 Å². The van der Waals surface area contributed by atoms with Crippen LogP contribution in [0.1, 0.15) is 55.2 Å². The molecule has 1 aliphatic heterocycles. The van der Waals surface area contributed by atoms with Gasteiger partial charge in [0.2, 0.25) is 5.91 Å². The molecule has 1 heterocycles. The van der Waals surface area contributed by atoms with Gasteiger partial charge in [-0.1, -0.05) is 76.2 Å². The number of carbonyl (C=O) groups excluding carboxylic acids is 2. The van der Waals surface area contributed by atoms with Crippen LogP contribution in [0.2, 0.25) is 0 Å². The predicted molar refractivity (Wildman–Crippen MR) is 112 cm³/mol. The van der Waals surface area contributed by atoms with Crippen molar-refractivity contribution in [1.82, 2.24) is 10.2 Å². The van der Waals surface area contributed by atoms with E-state index in [-0.39, 0.29) is 29.2 Å².